The highest BCUT2D eigenvalue weighted by atomic mass is 19.1. The Labute approximate surface area is 118 Å². The molecule has 0 radical (unpaired) electrons. The molecule has 21 heavy (non-hydrogen) atoms. The molecule has 1 heterocycles. The van der Waals surface area contributed by atoms with E-state index < -0.39 is 4.92 Å². The highest BCUT2D eigenvalue weighted by Gasteiger charge is 2.12. The molecule has 0 fully saturated rings. The summed E-state index contributed by atoms with van der Waals surface area (Å²) in [5, 5.41) is 14.4. The van der Waals surface area contributed by atoms with Gasteiger partial charge in [0, 0.05) is 29.3 Å². The molecule has 0 saturated heterocycles. The van der Waals surface area contributed by atoms with Gasteiger partial charge in [0.25, 0.3) is 5.69 Å². The van der Waals surface area contributed by atoms with Gasteiger partial charge < -0.3 is 4.52 Å². The van der Waals surface area contributed by atoms with E-state index in [2.05, 4.69) is 5.16 Å². The lowest BCUT2D eigenvalue weighted by Gasteiger charge is -1.96. The van der Waals surface area contributed by atoms with Gasteiger partial charge in [-0.1, -0.05) is 17.3 Å². The molecule has 6 heteroatoms. The summed E-state index contributed by atoms with van der Waals surface area (Å²) in [5.41, 5.74) is 1.35. The number of aromatic nitrogens is 1. The molecule has 0 N–H and O–H groups in total. The predicted octanol–water partition coefficient (Wildman–Crippen LogP) is 4.06. The third kappa shape index (κ3) is 2.51. The molecule has 3 rings (SSSR count). The van der Waals surface area contributed by atoms with Crippen LogP contribution < -0.4 is 0 Å². The molecule has 104 valence electrons. The number of hydrogen-bond donors (Lipinski definition) is 0. The summed E-state index contributed by atoms with van der Waals surface area (Å²) in [6.45, 7) is 0. The summed E-state index contributed by atoms with van der Waals surface area (Å²) in [6, 6.07) is 13.7. The molecule has 0 bridgehead atoms. The van der Waals surface area contributed by atoms with Gasteiger partial charge in [-0.2, -0.15) is 0 Å². The summed E-state index contributed by atoms with van der Waals surface area (Å²) >= 11 is 0. The smallest absolute Gasteiger partial charge is 0.269 e. The molecule has 1 aromatic heterocycles. The Hall–Kier alpha value is -3.02. The second-order valence-corrected chi connectivity index (χ2v) is 4.36. The van der Waals surface area contributed by atoms with Gasteiger partial charge in [-0.25, -0.2) is 4.39 Å². The molecular weight excluding hydrogens is 275 g/mol. The molecule has 3 aromatic rings. The summed E-state index contributed by atoms with van der Waals surface area (Å²) in [7, 11) is 0. The van der Waals surface area contributed by atoms with Crippen LogP contribution in [0, 0.1) is 15.9 Å². The van der Waals surface area contributed by atoms with Crippen LogP contribution in [0.5, 0.6) is 0 Å². The fourth-order valence-electron chi connectivity index (χ4n) is 1.95. The first kappa shape index (κ1) is 13.0. The lowest BCUT2D eigenvalue weighted by molar-refractivity contribution is -0.384. The van der Waals surface area contributed by atoms with E-state index in [1.165, 1.54) is 18.2 Å². The Bertz CT molecular complexity index is 797. The first-order chi connectivity index (χ1) is 10.1. The van der Waals surface area contributed by atoms with Crippen LogP contribution in [0.15, 0.2) is 59.1 Å². The average molecular weight is 284 g/mol. The van der Waals surface area contributed by atoms with Crippen molar-refractivity contribution in [2.75, 3.05) is 0 Å². The Morgan fingerprint density at radius 3 is 2.48 bits per heavy atom. The molecule has 0 amide bonds. The average Bonchev–Trinajstić information content (AvgIpc) is 2.97. The number of nitro benzene ring substituents is 1. The first-order valence-electron chi connectivity index (χ1n) is 6.11. The van der Waals surface area contributed by atoms with E-state index in [0.29, 0.717) is 22.6 Å². The number of nitro groups is 1. The number of non-ortho nitro benzene ring substituents is 1. The van der Waals surface area contributed by atoms with Gasteiger partial charge in [0.15, 0.2) is 5.76 Å². The van der Waals surface area contributed by atoms with Gasteiger partial charge >= 0.3 is 0 Å². The zero-order valence-electron chi connectivity index (χ0n) is 10.7. The minimum atomic E-state index is -0.477. The zero-order valence-corrected chi connectivity index (χ0v) is 10.7. The third-order valence-corrected chi connectivity index (χ3v) is 3.02. The number of rotatable bonds is 3. The minimum absolute atomic E-state index is 0.00686. The Balaban J connectivity index is 1.95. The van der Waals surface area contributed by atoms with Gasteiger partial charge in [-0.05, 0) is 24.3 Å². The van der Waals surface area contributed by atoms with E-state index in [0.717, 1.165) is 0 Å². The molecule has 0 atom stereocenters. The summed E-state index contributed by atoms with van der Waals surface area (Å²) < 4.78 is 18.8. The lowest BCUT2D eigenvalue weighted by atomic mass is 10.1. The van der Waals surface area contributed by atoms with Crippen molar-refractivity contribution in [3.63, 3.8) is 0 Å². The number of hydrogen-bond acceptors (Lipinski definition) is 4. The van der Waals surface area contributed by atoms with E-state index in [1.54, 1.807) is 36.4 Å². The Morgan fingerprint density at radius 1 is 1.10 bits per heavy atom. The molecule has 0 spiro atoms. The molecule has 0 aliphatic carbocycles. The van der Waals surface area contributed by atoms with Crippen molar-refractivity contribution < 1.29 is 13.8 Å². The van der Waals surface area contributed by atoms with Crippen molar-refractivity contribution in [3.8, 4) is 22.6 Å². The molecule has 2 aromatic carbocycles. The quantitative estimate of drug-likeness (QED) is 0.537. The van der Waals surface area contributed by atoms with Crippen LogP contribution in [0.3, 0.4) is 0 Å². The minimum Gasteiger partial charge on any atom is -0.356 e. The summed E-state index contributed by atoms with van der Waals surface area (Å²) in [5.74, 6) is 0.0317. The van der Waals surface area contributed by atoms with E-state index in [9.17, 15) is 14.5 Å². The van der Waals surface area contributed by atoms with Gasteiger partial charge in [-0.3, -0.25) is 10.1 Å². The van der Waals surface area contributed by atoms with Crippen LogP contribution >= 0.6 is 0 Å². The molecule has 0 aliphatic rings. The second kappa shape index (κ2) is 5.16. The predicted molar refractivity (Wildman–Crippen MR) is 74.0 cm³/mol. The fraction of sp³-hybridized carbons (Fsp3) is 0. The van der Waals surface area contributed by atoms with Crippen molar-refractivity contribution in [2.45, 2.75) is 0 Å². The van der Waals surface area contributed by atoms with E-state index >= 15 is 0 Å². The van der Waals surface area contributed by atoms with Crippen LogP contribution in [-0.4, -0.2) is 10.1 Å². The van der Waals surface area contributed by atoms with Crippen LogP contribution in [0.2, 0.25) is 0 Å². The second-order valence-electron chi connectivity index (χ2n) is 4.36. The molecule has 0 saturated carbocycles. The lowest BCUT2D eigenvalue weighted by Crippen LogP contribution is -1.86. The van der Waals surface area contributed by atoms with Crippen LogP contribution in [-0.2, 0) is 0 Å². The summed E-state index contributed by atoms with van der Waals surface area (Å²) in [4.78, 5) is 10.1. The maximum absolute atomic E-state index is 13.7. The van der Waals surface area contributed by atoms with Gasteiger partial charge in [0.1, 0.15) is 11.5 Å². The van der Waals surface area contributed by atoms with E-state index in [-0.39, 0.29) is 11.5 Å². The largest absolute Gasteiger partial charge is 0.356 e. The van der Waals surface area contributed by atoms with Crippen molar-refractivity contribution in [1.29, 1.82) is 0 Å². The van der Waals surface area contributed by atoms with E-state index in [1.807, 2.05) is 0 Å². The Morgan fingerprint density at radius 2 is 1.81 bits per heavy atom. The molecule has 0 unspecified atom stereocenters. The van der Waals surface area contributed by atoms with Crippen LogP contribution in [0.25, 0.3) is 22.6 Å². The normalized spacial score (nSPS) is 10.5. The topological polar surface area (TPSA) is 69.2 Å². The van der Waals surface area contributed by atoms with Crippen molar-refractivity contribution in [3.05, 3.63) is 70.5 Å². The molecular formula is C15H9FN2O3. The first-order valence-corrected chi connectivity index (χ1v) is 6.11. The van der Waals surface area contributed by atoms with Crippen LogP contribution in [0.4, 0.5) is 10.1 Å². The Kier molecular flexibility index (Phi) is 3.19. The SMILES string of the molecule is O=[N+]([O-])c1ccc(-c2cc(-c3ccccc3F)no2)cc1. The van der Waals surface area contributed by atoms with E-state index in [4.69, 9.17) is 4.52 Å². The zero-order chi connectivity index (χ0) is 14.8. The number of halogens is 1. The highest BCUT2D eigenvalue weighted by Crippen LogP contribution is 2.28. The monoisotopic (exact) mass is 284 g/mol. The van der Waals surface area contributed by atoms with Crippen molar-refractivity contribution in [2.24, 2.45) is 0 Å². The molecule has 5 nitrogen and oxygen atoms in total. The molecule has 0 aliphatic heterocycles. The van der Waals surface area contributed by atoms with Crippen LogP contribution in [0.1, 0.15) is 0 Å². The third-order valence-electron chi connectivity index (χ3n) is 3.02. The van der Waals surface area contributed by atoms with Gasteiger partial charge in [0.2, 0.25) is 0 Å². The maximum atomic E-state index is 13.7. The fourth-order valence-corrected chi connectivity index (χ4v) is 1.95. The van der Waals surface area contributed by atoms with Crippen molar-refractivity contribution in [1.82, 2.24) is 5.16 Å². The van der Waals surface area contributed by atoms with Crippen molar-refractivity contribution >= 4 is 5.69 Å². The number of benzene rings is 2. The van der Waals surface area contributed by atoms with Gasteiger partial charge in [0.05, 0.1) is 4.92 Å². The van der Waals surface area contributed by atoms with Gasteiger partial charge in [-0.15, -0.1) is 0 Å². The highest BCUT2D eigenvalue weighted by molar-refractivity contribution is 5.67. The number of nitrogens with zero attached hydrogens (tertiary/aromatic N) is 2. The standard InChI is InChI=1S/C15H9FN2O3/c16-13-4-2-1-3-12(13)14-9-15(21-17-14)10-5-7-11(8-6-10)18(19)20/h1-9H. The maximum Gasteiger partial charge on any atom is 0.269 e. The summed E-state index contributed by atoms with van der Waals surface area (Å²) in [6.07, 6.45) is 0.